The summed E-state index contributed by atoms with van der Waals surface area (Å²) >= 11 is 1.15. The quantitative estimate of drug-likeness (QED) is 0.778. The molecule has 0 aliphatic carbocycles. The average molecular weight is 345 g/mol. The first-order valence-corrected chi connectivity index (χ1v) is 8.20. The lowest BCUT2D eigenvalue weighted by Crippen LogP contribution is -2.32. The Balaban J connectivity index is 1.89. The van der Waals surface area contributed by atoms with Crippen LogP contribution in [0.25, 0.3) is 0 Å². The number of nitrogens with one attached hydrogen (secondary N) is 3. The summed E-state index contributed by atoms with van der Waals surface area (Å²) in [6.07, 6.45) is 0. The fourth-order valence-electron chi connectivity index (χ4n) is 2.03. The van der Waals surface area contributed by atoms with Crippen LogP contribution in [0, 0.1) is 13.8 Å². The molecular weight excluding hydrogens is 326 g/mol. The number of hydrogen-bond donors (Lipinski definition) is 3. The van der Waals surface area contributed by atoms with Crippen LogP contribution in [0.1, 0.15) is 27.7 Å². The van der Waals surface area contributed by atoms with Gasteiger partial charge in [0.1, 0.15) is 0 Å². The van der Waals surface area contributed by atoms with Gasteiger partial charge in [-0.1, -0.05) is 12.1 Å². The highest BCUT2D eigenvalue weighted by Gasteiger charge is 2.12. The molecule has 24 heavy (non-hydrogen) atoms. The highest BCUT2D eigenvalue weighted by Crippen LogP contribution is 2.21. The Morgan fingerprint density at radius 3 is 2.50 bits per heavy atom. The molecule has 0 saturated carbocycles. The van der Waals surface area contributed by atoms with E-state index in [0.717, 1.165) is 28.2 Å². The number of benzene rings is 1. The van der Waals surface area contributed by atoms with Crippen molar-refractivity contribution in [3.63, 3.8) is 0 Å². The Morgan fingerprint density at radius 2 is 1.79 bits per heavy atom. The molecule has 1 heterocycles. The third-order valence-corrected chi connectivity index (χ3v) is 4.42. The van der Waals surface area contributed by atoms with Gasteiger partial charge < -0.3 is 16.0 Å². The minimum Gasteiger partial charge on any atom is -0.342 e. The molecular formula is C17H19N3O3S. The number of aryl methyl sites for hydroxylation is 1. The molecule has 3 N–H and O–H groups in total. The maximum Gasteiger partial charge on any atom is 0.261 e. The summed E-state index contributed by atoms with van der Waals surface area (Å²) in [5.74, 6) is -0.847. The van der Waals surface area contributed by atoms with Gasteiger partial charge in [0.25, 0.3) is 5.91 Å². The first kappa shape index (κ1) is 17.7. The lowest BCUT2D eigenvalue weighted by atomic mass is 10.1. The van der Waals surface area contributed by atoms with Crippen molar-refractivity contribution in [3.05, 3.63) is 46.3 Å². The van der Waals surface area contributed by atoms with Crippen molar-refractivity contribution in [3.8, 4) is 0 Å². The Labute approximate surface area is 144 Å². The van der Waals surface area contributed by atoms with Crippen LogP contribution in [0.2, 0.25) is 0 Å². The summed E-state index contributed by atoms with van der Waals surface area (Å²) in [6.45, 7) is 5.17. The third-order valence-electron chi connectivity index (χ3n) is 3.42. The number of hydrogen-bond acceptors (Lipinski definition) is 4. The van der Waals surface area contributed by atoms with E-state index in [2.05, 4.69) is 16.0 Å². The summed E-state index contributed by atoms with van der Waals surface area (Å²) in [5.41, 5.74) is 2.81. The summed E-state index contributed by atoms with van der Waals surface area (Å²) in [7, 11) is 0. The molecule has 0 aliphatic rings. The monoisotopic (exact) mass is 345 g/mol. The van der Waals surface area contributed by atoms with Gasteiger partial charge in [0, 0.05) is 12.6 Å². The van der Waals surface area contributed by atoms with Crippen molar-refractivity contribution in [2.75, 3.05) is 17.2 Å². The maximum absolute atomic E-state index is 12.0. The minimum atomic E-state index is -0.354. The smallest absolute Gasteiger partial charge is 0.261 e. The van der Waals surface area contributed by atoms with Gasteiger partial charge in [0.2, 0.25) is 11.8 Å². The van der Waals surface area contributed by atoms with E-state index in [0.29, 0.717) is 9.88 Å². The molecule has 1 aromatic carbocycles. The van der Waals surface area contributed by atoms with Gasteiger partial charge in [-0.25, -0.2) is 0 Å². The van der Waals surface area contributed by atoms with E-state index in [1.54, 1.807) is 12.1 Å². The molecule has 3 amide bonds. The van der Waals surface area contributed by atoms with E-state index in [4.69, 9.17) is 0 Å². The number of carbonyl (C=O) groups is 3. The highest BCUT2D eigenvalue weighted by molar-refractivity contribution is 7.18. The van der Waals surface area contributed by atoms with Gasteiger partial charge >= 0.3 is 0 Å². The van der Waals surface area contributed by atoms with Gasteiger partial charge in [-0.15, -0.1) is 11.3 Å². The van der Waals surface area contributed by atoms with Crippen molar-refractivity contribution >= 4 is 39.7 Å². The second-order valence-electron chi connectivity index (χ2n) is 5.32. The zero-order valence-electron chi connectivity index (χ0n) is 13.7. The molecule has 0 spiro atoms. The normalized spacial score (nSPS) is 10.1. The molecule has 0 saturated heterocycles. The maximum atomic E-state index is 12.0. The van der Waals surface area contributed by atoms with Gasteiger partial charge in [-0.2, -0.15) is 0 Å². The summed E-state index contributed by atoms with van der Waals surface area (Å²) in [5, 5.41) is 8.55. The van der Waals surface area contributed by atoms with Crippen molar-refractivity contribution in [2.45, 2.75) is 20.8 Å². The molecule has 6 nitrogen and oxygen atoms in total. The Hall–Kier alpha value is -2.67. The minimum absolute atomic E-state index is 0.125. The molecule has 0 atom stereocenters. The lowest BCUT2D eigenvalue weighted by molar-refractivity contribution is -0.115. The SMILES string of the molecule is CC(=O)Nc1ccc(C(=O)NCC(=O)Nc2cccc(C)c2C)s1. The van der Waals surface area contributed by atoms with Crippen molar-refractivity contribution in [1.29, 1.82) is 0 Å². The van der Waals surface area contributed by atoms with Crippen LogP contribution in [0.3, 0.4) is 0 Å². The first-order chi connectivity index (χ1) is 11.4. The second kappa shape index (κ2) is 7.74. The molecule has 1 aromatic heterocycles. The van der Waals surface area contributed by atoms with Gasteiger partial charge in [-0.3, -0.25) is 14.4 Å². The largest absolute Gasteiger partial charge is 0.342 e. The van der Waals surface area contributed by atoms with Crippen LogP contribution in [0.4, 0.5) is 10.7 Å². The Kier molecular flexibility index (Phi) is 5.70. The molecule has 7 heteroatoms. The van der Waals surface area contributed by atoms with E-state index in [1.165, 1.54) is 6.92 Å². The van der Waals surface area contributed by atoms with Crippen LogP contribution in [-0.2, 0) is 9.59 Å². The second-order valence-corrected chi connectivity index (χ2v) is 6.41. The fourth-order valence-corrected chi connectivity index (χ4v) is 2.90. The predicted octanol–water partition coefficient (Wildman–Crippen LogP) is 2.69. The van der Waals surface area contributed by atoms with Gasteiger partial charge in [0.15, 0.2) is 0 Å². The molecule has 0 radical (unpaired) electrons. The molecule has 0 unspecified atom stereocenters. The standard InChI is InChI=1S/C17H19N3O3S/c1-10-5-4-6-13(11(10)2)20-15(22)9-18-17(23)14-7-8-16(24-14)19-12(3)21/h4-8H,9H2,1-3H3,(H,18,23)(H,19,21)(H,20,22). The van der Waals surface area contributed by atoms with Crippen LogP contribution >= 0.6 is 11.3 Å². The highest BCUT2D eigenvalue weighted by atomic mass is 32.1. The van der Waals surface area contributed by atoms with E-state index < -0.39 is 0 Å². The van der Waals surface area contributed by atoms with E-state index >= 15 is 0 Å². The lowest BCUT2D eigenvalue weighted by Gasteiger charge is -2.10. The summed E-state index contributed by atoms with van der Waals surface area (Å²) in [6, 6.07) is 8.91. The Bertz CT molecular complexity index is 783. The van der Waals surface area contributed by atoms with E-state index in [-0.39, 0.29) is 24.3 Å². The molecule has 2 aromatic rings. The topological polar surface area (TPSA) is 87.3 Å². The number of amides is 3. The van der Waals surface area contributed by atoms with Crippen molar-refractivity contribution < 1.29 is 14.4 Å². The van der Waals surface area contributed by atoms with Crippen molar-refractivity contribution in [2.24, 2.45) is 0 Å². The zero-order chi connectivity index (χ0) is 17.7. The molecule has 0 fully saturated rings. The first-order valence-electron chi connectivity index (χ1n) is 7.38. The molecule has 126 valence electrons. The summed E-state index contributed by atoms with van der Waals surface area (Å²) < 4.78 is 0. The van der Waals surface area contributed by atoms with Crippen LogP contribution in [-0.4, -0.2) is 24.3 Å². The van der Waals surface area contributed by atoms with Crippen molar-refractivity contribution in [1.82, 2.24) is 5.32 Å². The predicted molar refractivity (Wildman–Crippen MR) is 95.5 cm³/mol. The Morgan fingerprint density at radius 1 is 1.04 bits per heavy atom. The molecule has 0 aliphatic heterocycles. The number of anilines is 2. The van der Waals surface area contributed by atoms with Crippen LogP contribution < -0.4 is 16.0 Å². The fraction of sp³-hybridized carbons (Fsp3) is 0.235. The van der Waals surface area contributed by atoms with Gasteiger partial charge in [0.05, 0.1) is 16.4 Å². The number of thiophene rings is 1. The van der Waals surface area contributed by atoms with E-state index in [1.807, 2.05) is 32.0 Å². The number of carbonyl (C=O) groups excluding carboxylic acids is 3. The number of rotatable bonds is 5. The summed E-state index contributed by atoms with van der Waals surface area (Å²) in [4.78, 5) is 35.4. The zero-order valence-corrected chi connectivity index (χ0v) is 14.5. The van der Waals surface area contributed by atoms with Gasteiger partial charge in [-0.05, 0) is 43.2 Å². The van der Waals surface area contributed by atoms with Crippen LogP contribution in [0.15, 0.2) is 30.3 Å². The van der Waals surface area contributed by atoms with E-state index in [9.17, 15) is 14.4 Å². The third kappa shape index (κ3) is 4.66. The molecule has 2 rings (SSSR count). The average Bonchev–Trinajstić information content (AvgIpc) is 2.97. The van der Waals surface area contributed by atoms with Crippen LogP contribution in [0.5, 0.6) is 0 Å². The molecule has 0 bridgehead atoms.